The maximum absolute atomic E-state index is 9.71. The summed E-state index contributed by atoms with van der Waals surface area (Å²) in [7, 11) is 0. The molecule has 0 aliphatic carbocycles. The smallest absolute Gasteiger partial charge is 0.101 e. The second kappa shape index (κ2) is 4.19. The number of hydrogen-bond donors (Lipinski definition) is 1. The molecule has 1 atom stereocenters. The van der Waals surface area contributed by atoms with Crippen LogP contribution in [0.1, 0.15) is 18.2 Å². The lowest BCUT2D eigenvalue weighted by Crippen LogP contribution is -2.00. The number of aliphatic hydroxyl groups is 1. The number of aliphatic hydroxyl groups excluding tert-OH is 1. The molecule has 0 radical (unpaired) electrons. The first-order chi connectivity index (χ1) is 7.31. The Labute approximate surface area is 88.1 Å². The lowest BCUT2D eigenvalue weighted by molar-refractivity contribution is 0.177. The van der Waals surface area contributed by atoms with Gasteiger partial charge in [-0.2, -0.15) is 0 Å². The second-order valence-electron chi connectivity index (χ2n) is 3.32. The predicted octanol–water partition coefficient (Wildman–Crippen LogP) is 2.24. The van der Waals surface area contributed by atoms with Crippen molar-refractivity contribution in [2.24, 2.45) is 0 Å². The highest BCUT2D eigenvalue weighted by molar-refractivity contribution is 5.73. The van der Waals surface area contributed by atoms with Gasteiger partial charge >= 0.3 is 0 Å². The fourth-order valence-corrected chi connectivity index (χ4v) is 1.41. The van der Waals surface area contributed by atoms with Crippen LogP contribution in [0, 0.1) is 0 Å². The molecule has 2 rings (SSSR count). The van der Waals surface area contributed by atoms with Gasteiger partial charge in [-0.05, 0) is 18.6 Å². The topological polar surface area (TPSA) is 46.0 Å². The van der Waals surface area contributed by atoms with E-state index in [1.54, 1.807) is 12.3 Å². The summed E-state index contributed by atoms with van der Waals surface area (Å²) < 4.78 is 0. The van der Waals surface area contributed by atoms with Crippen molar-refractivity contribution in [3.8, 4) is 0 Å². The van der Waals surface area contributed by atoms with Gasteiger partial charge in [-0.3, -0.25) is 4.98 Å². The molecule has 0 spiro atoms. The minimum absolute atomic E-state index is 0.493. The first-order valence-corrected chi connectivity index (χ1v) is 4.82. The Morgan fingerprint density at radius 3 is 2.80 bits per heavy atom. The van der Waals surface area contributed by atoms with E-state index in [1.807, 2.05) is 24.3 Å². The predicted molar refractivity (Wildman–Crippen MR) is 59.3 cm³/mol. The summed E-state index contributed by atoms with van der Waals surface area (Å²) >= 11 is 0. The molecule has 0 amide bonds. The fraction of sp³-hybridized carbons (Fsp3) is 0.167. The van der Waals surface area contributed by atoms with E-state index in [0.717, 1.165) is 11.0 Å². The molecule has 3 heteroatoms. The molecule has 1 aromatic heterocycles. The molecule has 1 unspecified atom stereocenters. The molecule has 2 aromatic rings. The van der Waals surface area contributed by atoms with Crippen LogP contribution in [-0.4, -0.2) is 15.1 Å². The molecule has 76 valence electrons. The van der Waals surface area contributed by atoms with E-state index < -0.39 is 6.10 Å². The van der Waals surface area contributed by atoms with Crippen molar-refractivity contribution in [3.63, 3.8) is 0 Å². The maximum Gasteiger partial charge on any atom is 0.101 e. The third-order valence-corrected chi connectivity index (χ3v) is 2.20. The molecule has 15 heavy (non-hydrogen) atoms. The lowest BCUT2D eigenvalue weighted by Gasteiger charge is -2.07. The number of rotatable bonds is 3. The van der Waals surface area contributed by atoms with Gasteiger partial charge in [0, 0.05) is 0 Å². The van der Waals surface area contributed by atoms with E-state index in [1.165, 1.54) is 0 Å². The van der Waals surface area contributed by atoms with Gasteiger partial charge in [0.05, 0.1) is 22.9 Å². The van der Waals surface area contributed by atoms with E-state index in [0.29, 0.717) is 12.1 Å². The van der Waals surface area contributed by atoms with Gasteiger partial charge in [-0.15, -0.1) is 6.58 Å². The molecule has 0 aliphatic heterocycles. The van der Waals surface area contributed by atoms with E-state index in [9.17, 15) is 5.11 Å². The van der Waals surface area contributed by atoms with Crippen molar-refractivity contribution in [2.75, 3.05) is 0 Å². The monoisotopic (exact) mass is 200 g/mol. The van der Waals surface area contributed by atoms with Gasteiger partial charge < -0.3 is 5.11 Å². The van der Waals surface area contributed by atoms with E-state index in [4.69, 9.17) is 0 Å². The summed E-state index contributed by atoms with van der Waals surface area (Å²) in [5, 5.41) is 9.71. The van der Waals surface area contributed by atoms with Crippen molar-refractivity contribution in [1.82, 2.24) is 9.97 Å². The second-order valence-corrected chi connectivity index (χ2v) is 3.32. The van der Waals surface area contributed by atoms with Gasteiger partial charge in [0.25, 0.3) is 0 Å². The minimum atomic E-state index is -0.611. The van der Waals surface area contributed by atoms with Crippen LogP contribution in [0.3, 0.4) is 0 Å². The number of para-hydroxylation sites is 2. The third-order valence-electron chi connectivity index (χ3n) is 2.20. The lowest BCUT2D eigenvalue weighted by atomic mass is 10.2. The fourth-order valence-electron chi connectivity index (χ4n) is 1.41. The molecule has 1 aromatic carbocycles. The average Bonchev–Trinajstić information content (AvgIpc) is 2.29. The number of nitrogens with zero attached hydrogens (tertiary/aromatic N) is 2. The van der Waals surface area contributed by atoms with E-state index >= 15 is 0 Å². The normalized spacial score (nSPS) is 12.6. The van der Waals surface area contributed by atoms with Crippen molar-refractivity contribution >= 4 is 11.0 Å². The van der Waals surface area contributed by atoms with Gasteiger partial charge in [0.15, 0.2) is 0 Å². The summed E-state index contributed by atoms with van der Waals surface area (Å²) in [5.41, 5.74) is 2.23. The van der Waals surface area contributed by atoms with Crippen LogP contribution in [0.25, 0.3) is 11.0 Å². The van der Waals surface area contributed by atoms with Crippen molar-refractivity contribution in [2.45, 2.75) is 12.5 Å². The zero-order chi connectivity index (χ0) is 10.7. The zero-order valence-electron chi connectivity index (χ0n) is 8.30. The van der Waals surface area contributed by atoms with Crippen LogP contribution < -0.4 is 0 Å². The molecule has 3 nitrogen and oxygen atoms in total. The minimum Gasteiger partial charge on any atom is -0.386 e. The summed E-state index contributed by atoms with van der Waals surface area (Å²) in [6.45, 7) is 3.58. The summed E-state index contributed by atoms with van der Waals surface area (Å²) in [6, 6.07) is 7.59. The molecule has 0 bridgehead atoms. The van der Waals surface area contributed by atoms with Crippen LogP contribution in [0.5, 0.6) is 0 Å². The third kappa shape index (κ3) is 2.02. The Hall–Kier alpha value is -1.74. The molecular weight excluding hydrogens is 188 g/mol. The van der Waals surface area contributed by atoms with Crippen molar-refractivity contribution < 1.29 is 5.11 Å². The Morgan fingerprint density at radius 1 is 1.33 bits per heavy atom. The number of benzene rings is 1. The summed E-state index contributed by atoms with van der Waals surface area (Å²) in [6.07, 6.45) is 3.16. The molecule has 0 saturated heterocycles. The maximum atomic E-state index is 9.71. The number of fused-ring (bicyclic) bond motifs is 1. The summed E-state index contributed by atoms with van der Waals surface area (Å²) in [5.74, 6) is 0. The van der Waals surface area contributed by atoms with Gasteiger partial charge in [-0.1, -0.05) is 18.2 Å². The number of hydrogen-bond acceptors (Lipinski definition) is 3. The highest BCUT2D eigenvalue weighted by atomic mass is 16.3. The van der Waals surface area contributed by atoms with Gasteiger partial charge in [0.1, 0.15) is 6.10 Å². The zero-order valence-corrected chi connectivity index (χ0v) is 8.30. The van der Waals surface area contributed by atoms with Gasteiger partial charge in [0.2, 0.25) is 0 Å². The van der Waals surface area contributed by atoms with Crippen LogP contribution in [0.15, 0.2) is 43.1 Å². The highest BCUT2D eigenvalue weighted by Gasteiger charge is 2.08. The average molecular weight is 200 g/mol. The molecule has 1 heterocycles. The van der Waals surface area contributed by atoms with Crippen LogP contribution in [-0.2, 0) is 0 Å². The Bertz CT molecular complexity index is 482. The van der Waals surface area contributed by atoms with Crippen LogP contribution >= 0.6 is 0 Å². The van der Waals surface area contributed by atoms with Crippen LogP contribution in [0.4, 0.5) is 0 Å². The van der Waals surface area contributed by atoms with E-state index in [2.05, 4.69) is 16.5 Å². The molecule has 1 N–H and O–H groups in total. The Balaban J connectivity index is 2.42. The van der Waals surface area contributed by atoms with Crippen molar-refractivity contribution in [3.05, 3.63) is 48.8 Å². The standard InChI is InChI=1S/C12H12N2O/c1-2-5-12(15)11-8-13-9-6-3-4-7-10(9)14-11/h2-4,6-8,12,15H,1,5H2. The van der Waals surface area contributed by atoms with Crippen LogP contribution in [0.2, 0.25) is 0 Å². The number of aromatic nitrogens is 2. The molecule has 0 saturated carbocycles. The van der Waals surface area contributed by atoms with Gasteiger partial charge in [-0.25, -0.2) is 4.98 Å². The van der Waals surface area contributed by atoms with E-state index in [-0.39, 0.29) is 0 Å². The Morgan fingerprint density at radius 2 is 2.07 bits per heavy atom. The largest absolute Gasteiger partial charge is 0.386 e. The SMILES string of the molecule is C=CCC(O)c1cnc2ccccc2n1. The molecule has 0 aliphatic rings. The first-order valence-electron chi connectivity index (χ1n) is 4.82. The molecular formula is C12H12N2O. The quantitative estimate of drug-likeness (QED) is 0.773. The molecule has 0 fully saturated rings. The Kier molecular flexibility index (Phi) is 2.74. The summed E-state index contributed by atoms with van der Waals surface area (Å²) in [4.78, 5) is 8.56. The van der Waals surface area contributed by atoms with Crippen molar-refractivity contribution in [1.29, 1.82) is 0 Å². The highest BCUT2D eigenvalue weighted by Crippen LogP contribution is 2.16. The first kappa shape index (κ1) is 9.80.